The molecule has 0 saturated carbocycles. The second-order valence-electron chi connectivity index (χ2n) is 4.53. The smallest absolute Gasteiger partial charge is 0.360 e. The van der Waals surface area contributed by atoms with Crippen LogP contribution in [0.1, 0.15) is 10.5 Å². The maximum atomic E-state index is 11.5. The summed E-state index contributed by atoms with van der Waals surface area (Å²) in [6, 6.07) is 14.4. The molecule has 3 rings (SSSR count). The fraction of sp³-hybridized carbons (Fsp3) is 0.0588. The molecule has 0 unspecified atom stereocenters. The van der Waals surface area contributed by atoms with Crippen molar-refractivity contribution in [3.8, 4) is 17.2 Å². The molecule has 109 valence electrons. The number of hydrogen-bond donors (Lipinski definition) is 1. The monoisotopic (exact) mass is 294 g/mol. The van der Waals surface area contributed by atoms with Crippen LogP contribution in [0.4, 0.5) is 0 Å². The number of fused-ring (bicyclic) bond motifs is 1. The second-order valence-corrected chi connectivity index (χ2v) is 4.53. The van der Waals surface area contributed by atoms with Gasteiger partial charge in [-0.25, -0.2) is 9.78 Å². The zero-order valence-electron chi connectivity index (χ0n) is 11.7. The number of aromatic nitrogens is 1. The Hall–Kier alpha value is -3.08. The minimum absolute atomic E-state index is 0.160. The molecule has 0 aliphatic carbocycles. The molecular formula is C17H12NO4. The zero-order valence-corrected chi connectivity index (χ0v) is 11.7. The fourth-order valence-corrected chi connectivity index (χ4v) is 2.05. The van der Waals surface area contributed by atoms with Gasteiger partial charge in [0.1, 0.15) is 11.5 Å². The normalized spacial score (nSPS) is 10.4. The standard InChI is InChI=1S/C17H12NO4/c1-21-17(20)15-16(19)14-8-7-13(9-11(14)10-18-15)22-12-5-3-2-4-6-12/h2-9,19H,1H3. The maximum Gasteiger partial charge on any atom is 0.360 e. The van der Waals surface area contributed by atoms with E-state index in [1.807, 2.05) is 30.3 Å². The van der Waals surface area contributed by atoms with Crippen molar-refractivity contribution in [2.24, 2.45) is 0 Å². The van der Waals surface area contributed by atoms with E-state index in [2.05, 4.69) is 15.9 Å². The van der Waals surface area contributed by atoms with Gasteiger partial charge in [0.25, 0.3) is 0 Å². The number of carbonyl (C=O) groups is 1. The Labute approximate surface area is 126 Å². The van der Waals surface area contributed by atoms with E-state index in [-0.39, 0.29) is 11.4 Å². The zero-order chi connectivity index (χ0) is 15.5. The Morgan fingerprint density at radius 2 is 1.91 bits per heavy atom. The highest BCUT2D eigenvalue weighted by atomic mass is 16.5. The third-order valence-electron chi connectivity index (χ3n) is 3.12. The summed E-state index contributed by atoms with van der Waals surface area (Å²) in [7, 11) is 1.23. The Kier molecular flexibility index (Phi) is 3.62. The molecular weight excluding hydrogens is 282 g/mol. The van der Waals surface area contributed by atoms with Crippen molar-refractivity contribution in [3.05, 3.63) is 60.4 Å². The van der Waals surface area contributed by atoms with E-state index >= 15 is 0 Å². The minimum atomic E-state index is -0.708. The summed E-state index contributed by atoms with van der Waals surface area (Å²) in [6.45, 7) is 0. The third-order valence-corrected chi connectivity index (χ3v) is 3.12. The fourth-order valence-electron chi connectivity index (χ4n) is 2.05. The first-order chi connectivity index (χ1) is 10.7. The number of esters is 1. The number of hydrogen-bond acceptors (Lipinski definition) is 5. The van der Waals surface area contributed by atoms with E-state index in [0.717, 1.165) is 0 Å². The lowest BCUT2D eigenvalue weighted by atomic mass is 10.1. The van der Waals surface area contributed by atoms with Gasteiger partial charge in [-0.15, -0.1) is 0 Å². The van der Waals surface area contributed by atoms with Gasteiger partial charge < -0.3 is 14.6 Å². The predicted molar refractivity (Wildman–Crippen MR) is 80.1 cm³/mol. The molecule has 2 aromatic carbocycles. The van der Waals surface area contributed by atoms with Gasteiger partial charge in [-0.05, 0) is 30.3 Å². The van der Waals surface area contributed by atoms with Crippen molar-refractivity contribution in [1.82, 2.24) is 4.98 Å². The Morgan fingerprint density at radius 1 is 1.14 bits per heavy atom. The highest BCUT2D eigenvalue weighted by Crippen LogP contribution is 2.31. The molecule has 22 heavy (non-hydrogen) atoms. The molecule has 1 radical (unpaired) electrons. The number of aromatic hydroxyl groups is 1. The molecule has 0 aliphatic heterocycles. The number of rotatable bonds is 3. The van der Waals surface area contributed by atoms with Gasteiger partial charge in [0.2, 0.25) is 0 Å². The van der Waals surface area contributed by atoms with Gasteiger partial charge in [0.15, 0.2) is 11.4 Å². The van der Waals surface area contributed by atoms with Crippen LogP contribution in [0.3, 0.4) is 0 Å². The van der Waals surface area contributed by atoms with E-state index in [0.29, 0.717) is 22.3 Å². The third kappa shape index (κ3) is 2.56. The van der Waals surface area contributed by atoms with Gasteiger partial charge in [-0.3, -0.25) is 0 Å². The van der Waals surface area contributed by atoms with E-state index in [1.54, 1.807) is 18.2 Å². The summed E-state index contributed by atoms with van der Waals surface area (Å²) in [5.74, 6) is 0.347. The molecule has 1 aromatic heterocycles. The first-order valence-corrected chi connectivity index (χ1v) is 6.54. The molecule has 5 heteroatoms. The van der Waals surface area contributed by atoms with Crippen molar-refractivity contribution in [3.63, 3.8) is 0 Å². The van der Waals surface area contributed by atoms with Gasteiger partial charge >= 0.3 is 5.97 Å². The van der Waals surface area contributed by atoms with Crippen molar-refractivity contribution < 1.29 is 19.4 Å². The first-order valence-electron chi connectivity index (χ1n) is 6.54. The Bertz CT molecular complexity index is 831. The van der Waals surface area contributed by atoms with Gasteiger partial charge in [-0.2, -0.15) is 0 Å². The van der Waals surface area contributed by atoms with Gasteiger partial charge in [0.05, 0.1) is 13.3 Å². The van der Waals surface area contributed by atoms with Crippen molar-refractivity contribution in [1.29, 1.82) is 0 Å². The average molecular weight is 294 g/mol. The van der Waals surface area contributed by atoms with E-state index in [9.17, 15) is 9.90 Å². The summed E-state index contributed by atoms with van der Waals surface area (Å²) in [4.78, 5) is 15.3. The van der Waals surface area contributed by atoms with Crippen LogP contribution in [-0.4, -0.2) is 23.2 Å². The maximum absolute atomic E-state index is 11.5. The van der Waals surface area contributed by atoms with E-state index < -0.39 is 5.97 Å². The van der Waals surface area contributed by atoms with Gasteiger partial charge in [-0.1, -0.05) is 18.2 Å². The highest BCUT2D eigenvalue weighted by Gasteiger charge is 2.16. The molecule has 1 N–H and O–H groups in total. The lowest BCUT2D eigenvalue weighted by Gasteiger charge is -2.08. The molecule has 0 atom stereocenters. The van der Waals surface area contributed by atoms with E-state index in [4.69, 9.17) is 4.74 Å². The lowest BCUT2D eigenvalue weighted by molar-refractivity contribution is 0.0590. The van der Waals surface area contributed by atoms with Crippen LogP contribution in [0, 0.1) is 6.20 Å². The SMILES string of the molecule is COC(=O)c1n[c]c2cc(Oc3ccccc3)ccc2c1O. The predicted octanol–water partition coefficient (Wildman–Crippen LogP) is 3.32. The molecule has 0 fully saturated rings. The number of pyridine rings is 1. The Balaban J connectivity index is 1.99. The first kappa shape index (κ1) is 13.9. The molecule has 5 nitrogen and oxygen atoms in total. The van der Waals surface area contributed by atoms with Crippen molar-refractivity contribution in [2.75, 3.05) is 7.11 Å². The molecule has 3 aromatic rings. The number of carbonyl (C=O) groups excluding carboxylic acids is 1. The number of nitrogens with zero attached hydrogens (tertiary/aromatic N) is 1. The topological polar surface area (TPSA) is 68.7 Å². The molecule has 0 aliphatic rings. The summed E-state index contributed by atoms with van der Waals surface area (Å²) in [5, 5.41) is 11.1. The number of methoxy groups -OCH3 is 1. The largest absolute Gasteiger partial charge is 0.505 e. The minimum Gasteiger partial charge on any atom is -0.505 e. The van der Waals surface area contributed by atoms with Crippen LogP contribution in [0.15, 0.2) is 48.5 Å². The van der Waals surface area contributed by atoms with Crippen LogP contribution < -0.4 is 4.74 Å². The second kappa shape index (κ2) is 5.73. The van der Waals surface area contributed by atoms with Gasteiger partial charge in [0, 0.05) is 10.8 Å². The number of ether oxygens (including phenoxy) is 2. The van der Waals surface area contributed by atoms with Crippen LogP contribution in [0.2, 0.25) is 0 Å². The number of benzene rings is 2. The summed E-state index contributed by atoms with van der Waals surface area (Å²) >= 11 is 0. The summed E-state index contributed by atoms with van der Waals surface area (Å²) in [5.41, 5.74) is -0.160. The average Bonchev–Trinajstić information content (AvgIpc) is 2.55. The Morgan fingerprint density at radius 3 is 2.64 bits per heavy atom. The quantitative estimate of drug-likeness (QED) is 0.750. The molecule has 0 bridgehead atoms. The van der Waals surface area contributed by atoms with Crippen LogP contribution in [0.5, 0.6) is 17.2 Å². The van der Waals surface area contributed by atoms with Crippen LogP contribution in [-0.2, 0) is 4.74 Å². The van der Waals surface area contributed by atoms with Crippen LogP contribution >= 0.6 is 0 Å². The van der Waals surface area contributed by atoms with Crippen molar-refractivity contribution in [2.45, 2.75) is 0 Å². The molecule has 0 amide bonds. The van der Waals surface area contributed by atoms with Crippen molar-refractivity contribution >= 4 is 16.7 Å². The molecule has 0 saturated heterocycles. The summed E-state index contributed by atoms with van der Waals surface area (Å²) < 4.78 is 10.3. The number of para-hydroxylation sites is 1. The molecule has 0 spiro atoms. The van der Waals surface area contributed by atoms with E-state index in [1.165, 1.54) is 7.11 Å². The lowest BCUT2D eigenvalue weighted by Crippen LogP contribution is -2.04. The van der Waals surface area contributed by atoms with Crippen LogP contribution in [0.25, 0.3) is 10.8 Å². The highest BCUT2D eigenvalue weighted by molar-refractivity contribution is 5.98. The summed E-state index contributed by atoms with van der Waals surface area (Å²) in [6.07, 6.45) is 2.71. The molecule has 1 heterocycles.